The first kappa shape index (κ1) is 33.1. The molecule has 2 unspecified atom stereocenters. The van der Waals surface area contributed by atoms with E-state index in [1.54, 1.807) is 21.0 Å². The number of ketones is 1. The molecule has 5 rings (SSSR count). The minimum absolute atomic E-state index is 0.201. The molecule has 3 amide bonds. The van der Waals surface area contributed by atoms with Crippen molar-refractivity contribution in [3.63, 3.8) is 0 Å². The van der Waals surface area contributed by atoms with E-state index < -0.39 is 29.5 Å². The SMILES string of the molecule is CC1=C(C(=O)NC(C)C(=O)NCC(=O)NC(Cc2ccccc2)C(=O)[C@@]2(C)CO2)Cc2ccccc21.COc1ccc(C)cc1. The fourth-order valence-corrected chi connectivity index (χ4v) is 5.04. The van der Waals surface area contributed by atoms with E-state index in [0.717, 1.165) is 28.0 Å². The molecule has 3 atom stereocenters. The van der Waals surface area contributed by atoms with Gasteiger partial charge in [-0.2, -0.15) is 0 Å². The molecule has 9 heteroatoms. The largest absolute Gasteiger partial charge is 0.497 e. The number of hydrogen-bond acceptors (Lipinski definition) is 6. The molecule has 0 saturated carbocycles. The van der Waals surface area contributed by atoms with Crippen LogP contribution >= 0.6 is 0 Å². The fraction of sp³-hybridized carbons (Fsp3) is 0.333. The van der Waals surface area contributed by atoms with E-state index in [-0.39, 0.29) is 18.2 Å². The van der Waals surface area contributed by atoms with Crippen LogP contribution in [0.2, 0.25) is 0 Å². The molecule has 1 heterocycles. The van der Waals surface area contributed by atoms with Crippen LogP contribution in [-0.4, -0.2) is 61.5 Å². The average molecular weight is 612 g/mol. The quantitative estimate of drug-likeness (QED) is 0.284. The topological polar surface area (TPSA) is 126 Å². The summed E-state index contributed by atoms with van der Waals surface area (Å²) in [5, 5.41) is 7.99. The summed E-state index contributed by atoms with van der Waals surface area (Å²) in [4.78, 5) is 50.9. The van der Waals surface area contributed by atoms with Crippen molar-refractivity contribution >= 4 is 29.1 Å². The van der Waals surface area contributed by atoms with Crippen molar-refractivity contribution in [3.8, 4) is 5.75 Å². The zero-order valence-corrected chi connectivity index (χ0v) is 26.4. The summed E-state index contributed by atoms with van der Waals surface area (Å²) in [5.74, 6) is -0.573. The Morgan fingerprint density at radius 2 is 1.56 bits per heavy atom. The smallest absolute Gasteiger partial charge is 0.248 e. The van der Waals surface area contributed by atoms with Crippen molar-refractivity contribution in [1.29, 1.82) is 0 Å². The number of hydrogen-bond donors (Lipinski definition) is 3. The number of carbonyl (C=O) groups is 4. The zero-order chi connectivity index (χ0) is 32.6. The second-order valence-corrected chi connectivity index (χ2v) is 11.6. The number of amides is 3. The summed E-state index contributed by atoms with van der Waals surface area (Å²) < 4.78 is 10.2. The molecule has 236 valence electrons. The lowest BCUT2D eigenvalue weighted by atomic mass is 9.95. The number of carbonyl (C=O) groups excluding carboxylic acids is 4. The first-order chi connectivity index (χ1) is 21.5. The van der Waals surface area contributed by atoms with Crippen molar-refractivity contribution in [2.24, 2.45) is 0 Å². The van der Waals surface area contributed by atoms with E-state index in [2.05, 4.69) is 22.9 Å². The Balaban J connectivity index is 0.000000440. The normalized spacial score (nSPS) is 17.5. The summed E-state index contributed by atoms with van der Waals surface area (Å²) >= 11 is 0. The highest BCUT2D eigenvalue weighted by atomic mass is 16.6. The first-order valence-electron chi connectivity index (χ1n) is 15.0. The van der Waals surface area contributed by atoms with E-state index in [0.29, 0.717) is 25.0 Å². The monoisotopic (exact) mass is 611 g/mol. The molecule has 2 aliphatic rings. The lowest BCUT2D eigenvalue weighted by molar-refractivity contribution is -0.131. The lowest BCUT2D eigenvalue weighted by Crippen LogP contribution is -2.52. The molecule has 0 spiro atoms. The van der Waals surface area contributed by atoms with Gasteiger partial charge in [0, 0.05) is 12.0 Å². The van der Waals surface area contributed by atoms with Crippen molar-refractivity contribution in [2.45, 2.75) is 58.2 Å². The van der Waals surface area contributed by atoms with Crippen molar-refractivity contribution in [1.82, 2.24) is 16.0 Å². The van der Waals surface area contributed by atoms with Gasteiger partial charge in [0.05, 0.1) is 26.3 Å². The summed E-state index contributed by atoms with van der Waals surface area (Å²) in [7, 11) is 1.67. The third kappa shape index (κ3) is 8.89. The van der Waals surface area contributed by atoms with Crippen LogP contribution in [0.5, 0.6) is 5.75 Å². The van der Waals surface area contributed by atoms with Crippen LogP contribution in [0.25, 0.3) is 5.57 Å². The van der Waals surface area contributed by atoms with Gasteiger partial charge in [-0.1, -0.05) is 72.3 Å². The maximum Gasteiger partial charge on any atom is 0.248 e. The molecular weight excluding hydrogens is 570 g/mol. The molecule has 45 heavy (non-hydrogen) atoms. The Kier molecular flexibility index (Phi) is 10.9. The van der Waals surface area contributed by atoms with Gasteiger partial charge in [0.1, 0.15) is 17.4 Å². The molecular formula is C36H41N3O6. The first-order valence-corrected chi connectivity index (χ1v) is 15.0. The minimum Gasteiger partial charge on any atom is -0.497 e. The number of ether oxygens (including phenoxy) is 2. The van der Waals surface area contributed by atoms with Gasteiger partial charge in [0.25, 0.3) is 0 Å². The van der Waals surface area contributed by atoms with E-state index in [4.69, 9.17) is 9.47 Å². The van der Waals surface area contributed by atoms with Gasteiger partial charge >= 0.3 is 0 Å². The number of aryl methyl sites for hydroxylation is 1. The Labute approximate surface area is 264 Å². The lowest BCUT2D eigenvalue weighted by Gasteiger charge is -2.20. The predicted molar refractivity (Wildman–Crippen MR) is 173 cm³/mol. The van der Waals surface area contributed by atoms with Gasteiger partial charge in [0.15, 0.2) is 5.78 Å². The highest BCUT2D eigenvalue weighted by Crippen LogP contribution is 2.32. The number of methoxy groups -OCH3 is 1. The van der Waals surface area contributed by atoms with Crippen LogP contribution in [0.15, 0.2) is 84.4 Å². The Morgan fingerprint density at radius 3 is 2.18 bits per heavy atom. The van der Waals surface area contributed by atoms with Crippen LogP contribution in [0.1, 0.15) is 43.0 Å². The minimum atomic E-state index is -0.887. The molecule has 1 aliphatic carbocycles. The number of rotatable bonds is 11. The van der Waals surface area contributed by atoms with Gasteiger partial charge in [-0.25, -0.2) is 0 Å². The molecule has 1 saturated heterocycles. The van der Waals surface area contributed by atoms with Crippen LogP contribution in [-0.2, 0) is 36.8 Å². The van der Waals surface area contributed by atoms with E-state index in [1.807, 2.05) is 85.8 Å². The summed E-state index contributed by atoms with van der Waals surface area (Å²) in [6.45, 7) is 7.22. The predicted octanol–water partition coefficient (Wildman–Crippen LogP) is 3.73. The van der Waals surface area contributed by atoms with E-state index in [1.165, 1.54) is 5.56 Å². The maximum absolute atomic E-state index is 12.9. The standard InChI is InChI=1S/C28H31N3O5.C8H10O/c1-17-21-12-8-7-11-20(21)14-22(17)27(35)30-18(2)26(34)29-15-24(32)31-23(25(33)28(3)16-36-28)13-19-9-5-4-6-10-19;1-7-3-5-8(9-2)6-4-7/h4-12,18,23H,13-16H2,1-3H3,(H,29,34)(H,30,35)(H,31,32);3-6H,1-2H3/t18?,23?,28-;/m1./s1. The number of fused-ring (bicyclic) bond motifs is 1. The molecule has 0 aromatic heterocycles. The van der Waals surface area contributed by atoms with Gasteiger partial charge < -0.3 is 25.4 Å². The Bertz CT molecular complexity index is 1560. The fourth-order valence-electron chi connectivity index (χ4n) is 5.04. The molecule has 3 N–H and O–H groups in total. The van der Waals surface area contributed by atoms with Crippen molar-refractivity contribution in [2.75, 3.05) is 20.3 Å². The van der Waals surface area contributed by atoms with Gasteiger partial charge in [-0.05, 0) is 68.5 Å². The van der Waals surface area contributed by atoms with Crippen LogP contribution in [0.4, 0.5) is 0 Å². The number of Topliss-reactive ketones (excluding diaryl/α,β-unsaturated/α-hetero) is 1. The highest BCUT2D eigenvalue weighted by Gasteiger charge is 2.50. The molecule has 3 aromatic carbocycles. The third-order valence-electron chi connectivity index (χ3n) is 7.97. The number of nitrogens with one attached hydrogen (secondary N) is 3. The van der Waals surface area contributed by atoms with Crippen molar-refractivity contribution in [3.05, 3.63) is 107 Å². The molecule has 0 bridgehead atoms. The van der Waals surface area contributed by atoms with Crippen LogP contribution in [0, 0.1) is 6.92 Å². The maximum atomic E-state index is 12.9. The molecule has 3 aromatic rings. The number of allylic oxidation sites excluding steroid dienone is 1. The number of benzene rings is 3. The average Bonchev–Trinajstić information content (AvgIpc) is 3.71. The highest BCUT2D eigenvalue weighted by molar-refractivity contribution is 6.05. The zero-order valence-electron chi connectivity index (χ0n) is 26.4. The van der Waals surface area contributed by atoms with Crippen LogP contribution in [0.3, 0.4) is 0 Å². The molecule has 0 radical (unpaired) electrons. The van der Waals surface area contributed by atoms with Gasteiger partial charge in [0.2, 0.25) is 17.7 Å². The molecule has 1 aliphatic heterocycles. The summed E-state index contributed by atoms with van der Waals surface area (Å²) in [6.07, 6.45) is 0.839. The Morgan fingerprint density at radius 1 is 0.911 bits per heavy atom. The van der Waals surface area contributed by atoms with E-state index in [9.17, 15) is 19.2 Å². The molecule has 9 nitrogen and oxygen atoms in total. The van der Waals surface area contributed by atoms with Gasteiger partial charge in [-0.3, -0.25) is 19.2 Å². The van der Waals surface area contributed by atoms with Crippen molar-refractivity contribution < 1.29 is 28.7 Å². The third-order valence-corrected chi connectivity index (χ3v) is 7.97. The van der Waals surface area contributed by atoms with Crippen LogP contribution < -0.4 is 20.7 Å². The van der Waals surface area contributed by atoms with Gasteiger partial charge in [-0.15, -0.1) is 0 Å². The number of epoxide rings is 1. The molecule has 1 fully saturated rings. The second-order valence-electron chi connectivity index (χ2n) is 11.6. The Hall–Kier alpha value is -4.76. The summed E-state index contributed by atoms with van der Waals surface area (Å²) in [5.41, 5.74) is 4.93. The van der Waals surface area contributed by atoms with E-state index >= 15 is 0 Å². The second kappa shape index (κ2) is 14.8. The summed E-state index contributed by atoms with van der Waals surface area (Å²) in [6, 6.07) is 23.6.